The van der Waals surface area contributed by atoms with Crippen molar-refractivity contribution in [2.45, 2.75) is 25.7 Å². The van der Waals surface area contributed by atoms with Gasteiger partial charge in [0.05, 0.1) is 13.2 Å². The van der Waals surface area contributed by atoms with Crippen LogP contribution in [-0.4, -0.2) is 50.8 Å². The predicted molar refractivity (Wildman–Crippen MR) is 82.4 cm³/mol. The van der Waals surface area contributed by atoms with E-state index in [2.05, 4.69) is 31.2 Å². The van der Waals surface area contributed by atoms with Crippen molar-refractivity contribution in [2.24, 2.45) is 0 Å². The molecule has 1 fully saturated rings. The molecular formula is C17H25NO3. The van der Waals surface area contributed by atoms with Crippen molar-refractivity contribution in [3.63, 3.8) is 0 Å². The highest BCUT2D eigenvalue weighted by atomic mass is 16.5. The van der Waals surface area contributed by atoms with E-state index in [4.69, 9.17) is 9.47 Å². The molecule has 1 atom stereocenters. The summed E-state index contributed by atoms with van der Waals surface area (Å²) in [7, 11) is 1.63. The van der Waals surface area contributed by atoms with E-state index in [9.17, 15) is 4.79 Å². The number of nitrogens with zero attached hydrogens (tertiary/aromatic N) is 1. The van der Waals surface area contributed by atoms with Gasteiger partial charge in [0.1, 0.15) is 6.61 Å². The first-order valence-corrected chi connectivity index (χ1v) is 7.61. The molecule has 0 bridgehead atoms. The fourth-order valence-electron chi connectivity index (χ4n) is 2.79. The number of benzene rings is 1. The van der Waals surface area contributed by atoms with Crippen molar-refractivity contribution in [1.29, 1.82) is 0 Å². The second kappa shape index (κ2) is 8.15. The number of amides is 1. The Morgan fingerprint density at radius 3 is 3.00 bits per heavy atom. The van der Waals surface area contributed by atoms with Crippen molar-refractivity contribution < 1.29 is 14.3 Å². The van der Waals surface area contributed by atoms with E-state index in [-0.39, 0.29) is 12.5 Å². The zero-order valence-electron chi connectivity index (χ0n) is 13.0. The third-order valence-electron chi connectivity index (χ3n) is 3.94. The van der Waals surface area contributed by atoms with E-state index < -0.39 is 0 Å². The lowest BCUT2D eigenvalue weighted by Crippen LogP contribution is -2.41. The van der Waals surface area contributed by atoms with Gasteiger partial charge < -0.3 is 14.4 Å². The van der Waals surface area contributed by atoms with Gasteiger partial charge in [-0.25, -0.2) is 0 Å². The fraction of sp³-hybridized carbons (Fsp3) is 0.588. The number of rotatable bonds is 6. The standard InChI is InChI=1S/C17H25NO3/c1-14-5-3-6-15(11-14)16-7-4-8-18(12-16)17(19)13-21-10-9-20-2/h3,5-6,11,16H,4,7-10,12-13H2,1-2H3. The summed E-state index contributed by atoms with van der Waals surface area (Å²) >= 11 is 0. The van der Waals surface area contributed by atoms with Crippen LogP contribution in [0.3, 0.4) is 0 Å². The maximum absolute atomic E-state index is 12.2. The number of ether oxygens (including phenoxy) is 2. The smallest absolute Gasteiger partial charge is 0.248 e. The lowest BCUT2D eigenvalue weighted by atomic mass is 9.90. The Bertz CT molecular complexity index is 461. The first-order chi connectivity index (χ1) is 10.2. The van der Waals surface area contributed by atoms with Crippen LogP contribution >= 0.6 is 0 Å². The van der Waals surface area contributed by atoms with Crippen molar-refractivity contribution >= 4 is 5.91 Å². The summed E-state index contributed by atoms with van der Waals surface area (Å²) in [6.07, 6.45) is 2.21. The number of hydrogen-bond acceptors (Lipinski definition) is 3. The molecule has 1 aromatic rings. The van der Waals surface area contributed by atoms with Crippen LogP contribution in [0.2, 0.25) is 0 Å². The highest BCUT2D eigenvalue weighted by Gasteiger charge is 2.24. The first-order valence-electron chi connectivity index (χ1n) is 7.61. The van der Waals surface area contributed by atoms with Gasteiger partial charge in [0, 0.05) is 26.1 Å². The third-order valence-corrected chi connectivity index (χ3v) is 3.94. The van der Waals surface area contributed by atoms with Gasteiger partial charge in [-0.15, -0.1) is 0 Å². The van der Waals surface area contributed by atoms with Crippen molar-refractivity contribution in [3.8, 4) is 0 Å². The Morgan fingerprint density at radius 1 is 1.38 bits per heavy atom. The minimum Gasteiger partial charge on any atom is -0.382 e. The van der Waals surface area contributed by atoms with Crippen LogP contribution in [0.1, 0.15) is 29.9 Å². The Hall–Kier alpha value is -1.39. The molecule has 0 radical (unpaired) electrons. The van der Waals surface area contributed by atoms with Crippen molar-refractivity contribution in [3.05, 3.63) is 35.4 Å². The number of aryl methyl sites for hydroxylation is 1. The third kappa shape index (κ3) is 4.83. The normalized spacial score (nSPS) is 18.8. The number of methoxy groups -OCH3 is 1. The van der Waals surface area contributed by atoms with Gasteiger partial charge in [-0.3, -0.25) is 4.79 Å². The van der Waals surface area contributed by atoms with E-state index in [1.807, 2.05) is 4.90 Å². The summed E-state index contributed by atoms with van der Waals surface area (Å²) < 4.78 is 10.2. The Kier molecular flexibility index (Phi) is 6.21. The molecule has 0 N–H and O–H groups in total. The van der Waals surface area contributed by atoms with E-state index >= 15 is 0 Å². The fourth-order valence-corrected chi connectivity index (χ4v) is 2.79. The monoisotopic (exact) mass is 291 g/mol. The molecule has 0 aromatic heterocycles. The second-order valence-corrected chi connectivity index (χ2v) is 5.64. The van der Waals surface area contributed by atoms with Crippen LogP contribution in [0, 0.1) is 6.92 Å². The molecule has 1 aliphatic rings. The van der Waals surface area contributed by atoms with Gasteiger partial charge in [0.2, 0.25) is 5.91 Å². The summed E-state index contributed by atoms with van der Waals surface area (Å²) in [5, 5.41) is 0. The van der Waals surface area contributed by atoms with Crippen LogP contribution < -0.4 is 0 Å². The van der Waals surface area contributed by atoms with Gasteiger partial charge >= 0.3 is 0 Å². The highest BCUT2D eigenvalue weighted by Crippen LogP contribution is 2.27. The minimum absolute atomic E-state index is 0.0865. The summed E-state index contributed by atoms with van der Waals surface area (Å²) in [6, 6.07) is 8.60. The van der Waals surface area contributed by atoms with E-state index in [0.717, 1.165) is 25.9 Å². The Labute approximate surface area is 127 Å². The lowest BCUT2D eigenvalue weighted by molar-refractivity contribution is -0.137. The highest BCUT2D eigenvalue weighted by molar-refractivity contribution is 5.77. The van der Waals surface area contributed by atoms with Gasteiger partial charge in [0.25, 0.3) is 0 Å². The van der Waals surface area contributed by atoms with Crippen LogP contribution in [0.5, 0.6) is 0 Å². The van der Waals surface area contributed by atoms with E-state index in [1.54, 1.807) is 7.11 Å². The molecule has 4 nitrogen and oxygen atoms in total. The minimum atomic E-state index is 0.0865. The van der Waals surface area contributed by atoms with Gasteiger partial charge in [-0.1, -0.05) is 29.8 Å². The second-order valence-electron chi connectivity index (χ2n) is 5.64. The molecule has 1 saturated heterocycles. The molecule has 4 heteroatoms. The van der Waals surface area contributed by atoms with Crippen LogP contribution in [0.15, 0.2) is 24.3 Å². The topological polar surface area (TPSA) is 38.8 Å². The summed E-state index contributed by atoms with van der Waals surface area (Å²) in [4.78, 5) is 14.1. The number of carbonyl (C=O) groups excluding carboxylic acids is 1. The number of carbonyl (C=O) groups is 1. The molecular weight excluding hydrogens is 266 g/mol. The summed E-state index contributed by atoms with van der Waals surface area (Å²) in [5.74, 6) is 0.532. The average Bonchev–Trinajstić information content (AvgIpc) is 2.51. The van der Waals surface area contributed by atoms with Crippen molar-refractivity contribution in [1.82, 2.24) is 4.90 Å². The van der Waals surface area contributed by atoms with Crippen LogP contribution in [0.25, 0.3) is 0 Å². The molecule has 1 aliphatic heterocycles. The zero-order chi connectivity index (χ0) is 15.1. The Balaban J connectivity index is 1.87. The van der Waals surface area contributed by atoms with Crippen LogP contribution in [-0.2, 0) is 14.3 Å². The zero-order valence-corrected chi connectivity index (χ0v) is 13.0. The molecule has 1 heterocycles. The number of piperidine rings is 1. The molecule has 1 aromatic carbocycles. The summed E-state index contributed by atoms with van der Waals surface area (Å²) in [6.45, 7) is 4.91. The molecule has 0 spiro atoms. The van der Waals surface area contributed by atoms with E-state index in [0.29, 0.717) is 19.1 Å². The molecule has 0 saturated carbocycles. The number of likely N-dealkylation sites (tertiary alicyclic amines) is 1. The predicted octanol–water partition coefficient (Wildman–Crippen LogP) is 2.36. The quantitative estimate of drug-likeness (QED) is 0.755. The van der Waals surface area contributed by atoms with Crippen molar-refractivity contribution in [2.75, 3.05) is 40.0 Å². The van der Waals surface area contributed by atoms with Gasteiger partial charge in [0.15, 0.2) is 0 Å². The molecule has 1 amide bonds. The maximum Gasteiger partial charge on any atom is 0.248 e. The Morgan fingerprint density at radius 2 is 2.24 bits per heavy atom. The SMILES string of the molecule is COCCOCC(=O)N1CCCC(c2cccc(C)c2)C1. The lowest BCUT2D eigenvalue weighted by Gasteiger charge is -2.33. The van der Waals surface area contributed by atoms with E-state index in [1.165, 1.54) is 11.1 Å². The van der Waals surface area contributed by atoms with Crippen LogP contribution in [0.4, 0.5) is 0 Å². The largest absolute Gasteiger partial charge is 0.382 e. The molecule has 1 unspecified atom stereocenters. The van der Waals surface area contributed by atoms with Gasteiger partial charge in [-0.05, 0) is 25.3 Å². The molecule has 21 heavy (non-hydrogen) atoms. The molecule has 116 valence electrons. The average molecular weight is 291 g/mol. The molecule has 0 aliphatic carbocycles. The van der Waals surface area contributed by atoms with Gasteiger partial charge in [-0.2, -0.15) is 0 Å². The first kappa shape index (κ1) is 16.0. The molecule has 2 rings (SSSR count). The summed E-state index contributed by atoms with van der Waals surface area (Å²) in [5.41, 5.74) is 2.62. The number of hydrogen-bond donors (Lipinski definition) is 0. The maximum atomic E-state index is 12.2.